The fraction of sp³-hybridized carbons (Fsp3) is 0.211. The average molecular weight is 313 g/mol. The lowest BCUT2D eigenvalue weighted by Gasteiger charge is -2.15. The van der Waals surface area contributed by atoms with E-state index < -0.39 is 0 Å². The fourth-order valence-corrected chi connectivity index (χ4v) is 2.84. The van der Waals surface area contributed by atoms with Crippen molar-refractivity contribution in [1.82, 2.24) is 0 Å². The number of esters is 1. The summed E-state index contributed by atoms with van der Waals surface area (Å²) in [5, 5.41) is 4.21. The van der Waals surface area contributed by atoms with Crippen molar-refractivity contribution >= 4 is 39.1 Å². The smallest absolute Gasteiger partial charge is 0.314 e. The number of ether oxygens (including phenoxy) is 1. The van der Waals surface area contributed by atoms with Gasteiger partial charge in [-0.2, -0.15) is 0 Å². The predicted molar refractivity (Wildman–Crippen MR) is 91.6 cm³/mol. The minimum atomic E-state index is -0.208. The normalized spacial score (nSPS) is 12.5. The van der Waals surface area contributed by atoms with E-state index in [1.807, 2.05) is 62.4 Å². The Hall–Kier alpha value is -2.06. The highest BCUT2D eigenvalue weighted by atomic mass is 35.5. The molecule has 0 aliphatic heterocycles. The maximum absolute atomic E-state index is 12.3. The molecule has 0 fully saturated rings. The minimum absolute atomic E-state index is 0.131. The number of hydrogen-bond donors (Lipinski definition) is 0. The number of rotatable bonds is 3. The van der Waals surface area contributed by atoms with Crippen molar-refractivity contribution in [1.29, 1.82) is 0 Å². The molecule has 0 bridgehead atoms. The third-order valence-corrected chi connectivity index (χ3v) is 4.44. The van der Waals surface area contributed by atoms with Crippen LogP contribution >= 0.6 is 11.6 Å². The molecule has 0 aromatic heterocycles. The molecule has 3 rings (SSSR count). The monoisotopic (exact) mass is 312 g/mol. The van der Waals surface area contributed by atoms with Crippen LogP contribution in [0.2, 0.25) is 5.02 Å². The number of fused-ring (bicyclic) bond motifs is 2. The summed E-state index contributed by atoms with van der Waals surface area (Å²) in [4.78, 5) is 12.3. The summed E-state index contributed by atoms with van der Waals surface area (Å²) >= 11 is 6.53. The Morgan fingerprint density at radius 3 is 1.91 bits per heavy atom. The topological polar surface area (TPSA) is 26.3 Å². The zero-order valence-corrected chi connectivity index (χ0v) is 13.4. The van der Waals surface area contributed by atoms with Gasteiger partial charge in [-0.15, -0.1) is 0 Å². The van der Waals surface area contributed by atoms with E-state index in [1.54, 1.807) is 0 Å². The first kappa shape index (κ1) is 14.9. The molecule has 0 amide bonds. The summed E-state index contributed by atoms with van der Waals surface area (Å²) in [6, 6.07) is 15.5. The third kappa shape index (κ3) is 2.44. The van der Waals surface area contributed by atoms with Gasteiger partial charge in [-0.05, 0) is 6.42 Å². The van der Waals surface area contributed by atoms with Crippen LogP contribution in [0.15, 0.2) is 48.5 Å². The van der Waals surface area contributed by atoms with Gasteiger partial charge >= 0.3 is 5.97 Å². The van der Waals surface area contributed by atoms with E-state index in [1.165, 1.54) is 0 Å². The van der Waals surface area contributed by atoms with Gasteiger partial charge in [0.2, 0.25) is 0 Å². The molecule has 0 saturated carbocycles. The van der Waals surface area contributed by atoms with Crippen molar-refractivity contribution in [2.75, 3.05) is 0 Å². The molecule has 3 heteroatoms. The van der Waals surface area contributed by atoms with E-state index in [2.05, 4.69) is 0 Å². The SMILES string of the molecule is CCC(C)C(=O)Oc1c2ccccc2c(Cl)c2ccccc12. The molecule has 3 aromatic carbocycles. The van der Waals surface area contributed by atoms with Crippen molar-refractivity contribution in [3.05, 3.63) is 53.6 Å². The largest absolute Gasteiger partial charge is 0.425 e. The van der Waals surface area contributed by atoms with Crippen LogP contribution in [0.3, 0.4) is 0 Å². The summed E-state index contributed by atoms with van der Waals surface area (Å²) in [5.74, 6) is 0.259. The Morgan fingerprint density at radius 1 is 1.00 bits per heavy atom. The first-order valence-corrected chi connectivity index (χ1v) is 7.82. The molecule has 0 spiro atoms. The molecule has 0 N–H and O–H groups in total. The van der Waals surface area contributed by atoms with Gasteiger partial charge in [0.25, 0.3) is 0 Å². The Kier molecular flexibility index (Phi) is 4.04. The van der Waals surface area contributed by atoms with Crippen LogP contribution in [0.5, 0.6) is 5.75 Å². The maximum Gasteiger partial charge on any atom is 0.314 e. The van der Waals surface area contributed by atoms with Crippen LogP contribution in [-0.4, -0.2) is 5.97 Å². The molecule has 0 saturated heterocycles. The van der Waals surface area contributed by atoms with E-state index in [0.29, 0.717) is 10.8 Å². The molecule has 0 aliphatic carbocycles. The van der Waals surface area contributed by atoms with Crippen LogP contribution in [0, 0.1) is 5.92 Å². The quantitative estimate of drug-likeness (QED) is 0.357. The molecule has 0 aliphatic rings. The predicted octanol–water partition coefficient (Wildman–Crippen LogP) is 5.60. The summed E-state index contributed by atoms with van der Waals surface area (Å²) in [6.07, 6.45) is 0.752. The molecule has 112 valence electrons. The second kappa shape index (κ2) is 5.98. The second-order valence-corrected chi connectivity index (χ2v) is 5.84. The van der Waals surface area contributed by atoms with Gasteiger partial charge in [0.1, 0.15) is 5.75 Å². The molecule has 2 nitrogen and oxygen atoms in total. The third-order valence-electron chi connectivity index (χ3n) is 4.03. The van der Waals surface area contributed by atoms with Crippen molar-refractivity contribution in [2.24, 2.45) is 5.92 Å². The molecule has 22 heavy (non-hydrogen) atoms. The molecule has 3 aromatic rings. The summed E-state index contributed by atoms with van der Waals surface area (Å²) < 4.78 is 5.75. The molecule has 1 atom stereocenters. The van der Waals surface area contributed by atoms with E-state index in [4.69, 9.17) is 16.3 Å². The Bertz CT molecular complexity index is 798. The van der Waals surface area contributed by atoms with E-state index in [9.17, 15) is 4.79 Å². The minimum Gasteiger partial charge on any atom is -0.425 e. The van der Waals surface area contributed by atoms with Crippen LogP contribution in [0.25, 0.3) is 21.5 Å². The zero-order chi connectivity index (χ0) is 15.7. The van der Waals surface area contributed by atoms with Crippen LogP contribution < -0.4 is 4.74 Å². The zero-order valence-electron chi connectivity index (χ0n) is 12.6. The summed E-state index contributed by atoms with van der Waals surface area (Å²) in [7, 11) is 0. The lowest BCUT2D eigenvalue weighted by atomic mass is 10.0. The van der Waals surface area contributed by atoms with Gasteiger partial charge in [-0.3, -0.25) is 4.79 Å². The Balaban J connectivity index is 2.29. The number of benzene rings is 3. The molecule has 1 unspecified atom stereocenters. The molecule has 0 heterocycles. The Morgan fingerprint density at radius 2 is 1.45 bits per heavy atom. The van der Waals surface area contributed by atoms with Crippen molar-refractivity contribution < 1.29 is 9.53 Å². The summed E-state index contributed by atoms with van der Waals surface area (Å²) in [6.45, 7) is 3.85. The van der Waals surface area contributed by atoms with Crippen LogP contribution in [-0.2, 0) is 4.79 Å². The average Bonchev–Trinajstić information content (AvgIpc) is 2.57. The fourth-order valence-electron chi connectivity index (χ4n) is 2.51. The van der Waals surface area contributed by atoms with E-state index in [-0.39, 0.29) is 11.9 Å². The number of carbonyl (C=O) groups is 1. The van der Waals surface area contributed by atoms with Gasteiger partial charge in [0, 0.05) is 21.5 Å². The van der Waals surface area contributed by atoms with Gasteiger partial charge in [-0.1, -0.05) is 74.0 Å². The van der Waals surface area contributed by atoms with Gasteiger partial charge in [-0.25, -0.2) is 0 Å². The maximum atomic E-state index is 12.3. The highest BCUT2D eigenvalue weighted by molar-refractivity contribution is 6.41. The second-order valence-electron chi connectivity index (χ2n) is 5.46. The van der Waals surface area contributed by atoms with E-state index in [0.717, 1.165) is 28.0 Å². The van der Waals surface area contributed by atoms with Crippen molar-refractivity contribution in [3.8, 4) is 5.75 Å². The highest BCUT2D eigenvalue weighted by Gasteiger charge is 2.18. The first-order chi connectivity index (χ1) is 10.6. The number of hydrogen-bond acceptors (Lipinski definition) is 2. The van der Waals surface area contributed by atoms with Crippen LogP contribution in [0.4, 0.5) is 0 Å². The van der Waals surface area contributed by atoms with Crippen LogP contribution in [0.1, 0.15) is 20.3 Å². The van der Waals surface area contributed by atoms with Crippen molar-refractivity contribution in [2.45, 2.75) is 20.3 Å². The number of halogens is 1. The lowest BCUT2D eigenvalue weighted by molar-refractivity contribution is -0.138. The van der Waals surface area contributed by atoms with Gasteiger partial charge < -0.3 is 4.74 Å². The van der Waals surface area contributed by atoms with Gasteiger partial charge in [0.15, 0.2) is 0 Å². The van der Waals surface area contributed by atoms with Crippen molar-refractivity contribution in [3.63, 3.8) is 0 Å². The molecular formula is C19H17ClO2. The van der Waals surface area contributed by atoms with Gasteiger partial charge in [0.05, 0.1) is 10.9 Å². The lowest BCUT2D eigenvalue weighted by Crippen LogP contribution is -2.17. The molecule has 0 radical (unpaired) electrons. The molecular weight excluding hydrogens is 296 g/mol. The van der Waals surface area contributed by atoms with E-state index >= 15 is 0 Å². The first-order valence-electron chi connectivity index (χ1n) is 7.44. The highest BCUT2D eigenvalue weighted by Crippen LogP contribution is 2.40. The summed E-state index contributed by atoms with van der Waals surface area (Å²) in [5.41, 5.74) is 0. The Labute approximate surface area is 134 Å². The number of carbonyl (C=O) groups excluding carboxylic acids is 1. The standard InChI is InChI=1S/C19H17ClO2/c1-3-12(2)19(21)22-18-15-10-6-4-8-13(15)17(20)14-9-5-7-11-16(14)18/h4-12H,3H2,1-2H3.